The van der Waals surface area contributed by atoms with E-state index in [0.717, 1.165) is 20.4 Å². The summed E-state index contributed by atoms with van der Waals surface area (Å²) in [5.74, 6) is 1.41. The van der Waals surface area contributed by atoms with Gasteiger partial charge in [0, 0.05) is 0 Å². The number of benzene rings is 2. The van der Waals surface area contributed by atoms with Crippen LogP contribution in [-0.4, -0.2) is 13.7 Å². The quantitative estimate of drug-likeness (QED) is 0.409. The number of halogens is 1. The molecule has 0 aliphatic carbocycles. The average Bonchev–Trinajstić information content (AvgIpc) is 2.53. The Morgan fingerprint density at radius 3 is 2.59 bits per heavy atom. The van der Waals surface area contributed by atoms with E-state index in [2.05, 4.69) is 28.7 Å². The van der Waals surface area contributed by atoms with Gasteiger partial charge >= 0.3 is 0 Å². The third-order valence-electron chi connectivity index (χ3n) is 3.05. The van der Waals surface area contributed by atoms with Crippen molar-refractivity contribution in [3.8, 4) is 17.6 Å². The molecule has 0 fully saturated rings. The van der Waals surface area contributed by atoms with Crippen molar-refractivity contribution in [1.82, 2.24) is 0 Å². The molecule has 0 aliphatic heterocycles. The Kier molecular flexibility index (Phi) is 5.84. The third-order valence-corrected chi connectivity index (χ3v) is 3.85. The van der Waals surface area contributed by atoms with Gasteiger partial charge in [0.05, 0.1) is 28.9 Å². The molecule has 112 valence electrons. The molecule has 0 saturated carbocycles. The number of nitrogens with zero attached hydrogens (tertiary/aromatic N) is 1. The summed E-state index contributed by atoms with van der Waals surface area (Å²) in [6.07, 6.45) is 1.86. The summed E-state index contributed by atoms with van der Waals surface area (Å²) in [6.45, 7) is 2.49. The van der Waals surface area contributed by atoms with Crippen LogP contribution in [0.1, 0.15) is 18.1 Å². The minimum Gasteiger partial charge on any atom is -0.492 e. The first-order valence-corrected chi connectivity index (χ1v) is 7.95. The molecule has 0 radical (unpaired) electrons. The summed E-state index contributed by atoms with van der Waals surface area (Å²) in [5.41, 5.74) is 2.42. The van der Waals surface area contributed by atoms with Crippen LogP contribution in [-0.2, 0) is 0 Å². The first kappa shape index (κ1) is 16.4. The van der Waals surface area contributed by atoms with Gasteiger partial charge in [-0.15, -0.1) is 0 Å². The van der Waals surface area contributed by atoms with Crippen molar-refractivity contribution in [2.75, 3.05) is 13.7 Å². The molecule has 0 heterocycles. The van der Waals surface area contributed by atoms with Gasteiger partial charge < -0.3 is 9.47 Å². The van der Waals surface area contributed by atoms with Crippen LogP contribution in [0.15, 0.2) is 42.5 Å². The number of hydrogen-bond acceptors (Lipinski definition) is 3. The zero-order valence-electron chi connectivity index (χ0n) is 12.5. The normalized spacial score (nSPS) is 10.9. The maximum atomic E-state index is 9.41. The zero-order valence-corrected chi connectivity index (χ0v) is 14.6. The standard InChI is InChI=1S/C18H16INO2/c1-3-22-17-11-13(10-16(19)18(17)21-2)9-15(12-20)14-7-5-4-6-8-14/h4-11H,3H2,1-2H3/b15-9-. The Hall–Kier alpha value is -2.00. The largest absolute Gasteiger partial charge is 0.492 e. The maximum Gasteiger partial charge on any atom is 0.174 e. The molecule has 2 aromatic rings. The van der Waals surface area contributed by atoms with Crippen LogP contribution >= 0.6 is 22.6 Å². The van der Waals surface area contributed by atoms with Crippen molar-refractivity contribution in [2.24, 2.45) is 0 Å². The van der Waals surface area contributed by atoms with Gasteiger partial charge in [-0.2, -0.15) is 5.26 Å². The summed E-state index contributed by atoms with van der Waals surface area (Å²) in [7, 11) is 1.63. The van der Waals surface area contributed by atoms with Crippen LogP contribution in [0.25, 0.3) is 11.6 Å². The number of nitriles is 1. The van der Waals surface area contributed by atoms with Crippen LogP contribution in [0.3, 0.4) is 0 Å². The Labute approximate surface area is 144 Å². The van der Waals surface area contributed by atoms with Crippen LogP contribution in [0.5, 0.6) is 11.5 Å². The van der Waals surface area contributed by atoms with Gasteiger partial charge in [0.15, 0.2) is 11.5 Å². The second kappa shape index (κ2) is 7.85. The van der Waals surface area contributed by atoms with E-state index >= 15 is 0 Å². The highest BCUT2D eigenvalue weighted by molar-refractivity contribution is 14.1. The Bertz CT molecular complexity index is 718. The molecule has 0 bridgehead atoms. The highest BCUT2D eigenvalue weighted by Gasteiger charge is 2.11. The lowest BCUT2D eigenvalue weighted by molar-refractivity contribution is 0.309. The van der Waals surface area contributed by atoms with E-state index in [9.17, 15) is 5.26 Å². The van der Waals surface area contributed by atoms with Crippen molar-refractivity contribution in [3.05, 3.63) is 57.2 Å². The number of methoxy groups -OCH3 is 1. The molecule has 0 aliphatic rings. The molecule has 2 aromatic carbocycles. The molecule has 0 unspecified atom stereocenters. The fourth-order valence-corrected chi connectivity index (χ4v) is 2.94. The van der Waals surface area contributed by atoms with Gasteiger partial charge in [0.25, 0.3) is 0 Å². The van der Waals surface area contributed by atoms with E-state index in [1.807, 2.05) is 55.5 Å². The molecule has 0 spiro atoms. The third kappa shape index (κ3) is 3.80. The summed E-state index contributed by atoms with van der Waals surface area (Å²) < 4.78 is 12.0. The van der Waals surface area contributed by atoms with E-state index in [-0.39, 0.29) is 0 Å². The lowest BCUT2D eigenvalue weighted by atomic mass is 10.0. The summed E-state index contributed by atoms with van der Waals surface area (Å²) >= 11 is 2.21. The molecule has 0 saturated heterocycles. The van der Waals surface area contributed by atoms with Gasteiger partial charge in [-0.3, -0.25) is 0 Å². The zero-order chi connectivity index (χ0) is 15.9. The van der Waals surface area contributed by atoms with Gasteiger partial charge in [-0.1, -0.05) is 30.3 Å². The molecule has 22 heavy (non-hydrogen) atoms. The highest BCUT2D eigenvalue weighted by atomic mass is 127. The predicted octanol–water partition coefficient (Wildman–Crippen LogP) is 4.76. The molecular formula is C18H16INO2. The molecule has 0 N–H and O–H groups in total. The van der Waals surface area contributed by atoms with Crippen LogP contribution < -0.4 is 9.47 Å². The number of allylic oxidation sites excluding steroid dienone is 1. The molecule has 0 atom stereocenters. The maximum absolute atomic E-state index is 9.41. The number of hydrogen-bond donors (Lipinski definition) is 0. The fourth-order valence-electron chi connectivity index (χ4n) is 2.10. The second-order valence-electron chi connectivity index (χ2n) is 4.50. The minimum absolute atomic E-state index is 0.559. The highest BCUT2D eigenvalue weighted by Crippen LogP contribution is 2.35. The van der Waals surface area contributed by atoms with E-state index in [1.165, 1.54) is 0 Å². The first-order valence-electron chi connectivity index (χ1n) is 6.87. The molecular weight excluding hydrogens is 389 g/mol. The van der Waals surface area contributed by atoms with E-state index < -0.39 is 0 Å². The smallest absolute Gasteiger partial charge is 0.174 e. The molecule has 4 heteroatoms. The summed E-state index contributed by atoms with van der Waals surface area (Å²) in [6, 6.07) is 15.7. The molecule has 0 aromatic heterocycles. The van der Waals surface area contributed by atoms with Crippen LogP contribution in [0.2, 0.25) is 0 Å². The monoisotopic (exact) mass is 405 g/mol. The van der Waals surface area contributed by atoms with Gasteiger partial charge in [-0.25, -0.2) is 0 Å². The second-order valence-corrected chi connectivity index (χ2v) is 5.67. The summed E-state index contributed by atoms with van der Waals surface area (Å²) in [5, 5.41) is 9.41. The summed E-state index contributed by atoms with van der Waals surface area (Å²) in [4.78, 5) is 0. The predicted molar refractivity (Wildman–Crippen MR) is 96.8 cm³/mol. The Morgan fingerprint density at radius 2 is 2.00 bits per heavy atom. The van der Waals surface area contributed by atoms with Crippen LogP contribution in [0, 0.1) is 14.9 Å². The topological polar surface area (TPSA) is 42.2 Å². The van der Waals surface area contributed by atoms with Crippen molar-refractivity contribution in [2.45, 2.75) is 6.92 Å². The van der Waals surface area contributed by atoms with Gasteiger partial charge in [0.2, 0.25) is 0 Å². The Morgan fingerprint density at radius 1 is 1.27 bits per heavy atom. The molecule has 2 rings (SSSR count). The Balaban J connectivity index is 2.48. The van der Waals surface area contributed by atoms with Crippen molar-refractivity contribution in [1.29, 1.82) is 5.26 Å². The first-order chi connectivity index (χ1) is 10.7. The van der Waals surface area contributed by atoms with E-state index in [4.69, 9.17) is 9.47 Å². The lowest BCUT2D eigenvalue weighted by Gasteiger charge is -2.12. The minimum atomic E-state index is 0.559. The molecule has 3 nitrogen and oxygen atoms in total. The van der Waals surface area contributed by atoms with E-state index in [1.54, 1.807) is 7.11 Å². The lowest BCUT2D eigenvalue weighted by Crippen LogP contribution is -1.98. The molecule has 0 amide bonds. The van der Waals surface area contributed by atoms with Crippen LogP contribution in [0.4, 0.5) is 0 Å². The number of ether oxygens (including phenoxy) is 2. The van der Waals surface area contributed by atoms with Gasteiger partial charge in [-0.05, 0) is 58.9 Å². The average molecular weight is 405 g/mol. The van der Waals surface area contributed by atoms with Crippen molar-refractivity contribution in [3.63, 3.8) is 0 Å². The van der Waals surface area contributed by atoms with Crippen molar-refractivity contribution >= 4 is 34.2 Å². The van der Waals surface area contributed by atoms with Crippen molar-refractivity contribution < 1.29 is 9.47 Å². The fraction of sp³-hybridized carbons (Fsp3) is 0.167. The number of rotatable bonds is 5. The van der Waals surface area contributed by atoms with Gasteiger partial charge in [0.1, 0.15) is 0 Å². The van der Waals surface area contributed by atoms with E-state index in [0.29, 0.717) is 17.9 Å². The SMILES string of the molecule is CCOc1cc(/C=C(/C#N)c2ccccc2)cc(I)c1OC.